The first-order valence-corrected chi connectivity index (χ1v) is 6.57. The van der Waals surface area contributed by atoms with Gasteiger partial charge in [0.2, 0.25) is 0 Å². The van der Waals surface area contributed by atoms with E-state index in [0.717, 1.165) is 30.8 Å². The van der Waals surface area contributed by atoms with Gasteiger partial charge in [0, 0.05) is 19.5 Å². The topological polar surface area (TPSA) is 38.5 Å². The van der Waals surface area contributed by atoms with E-state index in [1.807, 2.05) is 6.92 Å². The molecular weight excluding hydrogens is 269 g/mol. The average molecular weight is 288 g/mol. The van der Waals surface area contributed by atoms with Crippen LogP contribution in [0.1, 0.15) is 18.1 Å². The fourth-order valence-electron chi connectivity index (χ4n) is 2.41. The van der Waals surface area contributed by atoms with Crippen molar-refractivity contribution in [2.75, 3.05) is 26.3 Å². The van der Waals surface area contributed by atoms with Gasteiger partial charge in [-0.05, 0) is 24.6 Å². The van der Waals surface area contributed by atoms with E-state index in [9.17, 15) is 13.2 Å². The quantitative estimate of drug-likeness (QED) is 0.927. The molecule has 3 nitrogen and oxygen atoms in total. The predicted octanol–water partition coefficient (Wildman–Crippen LogP) is 2.26. The summed E-state index contributed by atoms with van der Waals surface area (Å²) in [4.78, 5) is 2.11. The molecule has 20 heavy (non-hydrogen) atoms. The van der Waals surface area contributed by atoms with Gasteiger partial charge in [0.25, 0.3) is 0 Å². The summed E-state index contributed by atoms with van der Waals surface area (Å²) in [6, 6.07) is 5.19. The first kappa shape index (κ1) is 15.3. The van der Waals surface area contributed by atoms with Crippen molar-refractivity contribution >= 4 is 0 Å². The number of nitrogens with zero attached hydrogens (tertiary/aromatic N) is 1. The molecule has 0 amide bonds. The van der Waals surface area contributed by atoms with Crippen LogP contribution in [0.5, 0.6) is 0 Å². The van der Waals surface area contributed by atoms with Crippen LogP contribution in [-0.4, -0.2) is 36.9 Å². The molecule has 0 radical (unpaired) electrons. The third kappa shape index (κ3) is 3.71. The lowest BCUT2D eigenvalue weighted by Gasteiger charge is -2.40. The number of hydrogen-bond donors (Lipinski definition) is 1. The van der Waals surface area contributed by atoms with Gasteiger partial charge in [-0.15, -0.1) is 0 Å². The number of nitrogens with two attached hydrogens (primary N) is 1. The molecule has 1 fully saturated rings. The Morgan fingerprint density at radius 1 is 1.15 bits per heavy atom. The highest BCUT2D eigenvalue weighted by molar-refractivity contribution is 5.25. The second-order valence-corrected chi connectivity index (χ2v) is 5.33. The number of morpholine rings is 1. The maximum Gasteiger partial charge on any atom is 0.416 e. The number of halogens is 3. The Balaban J connectivity index is 2.05. The zero-order valence-electron chi connectivity index (χ0n) is 11.4. The van der Waals surface area contributed by atoms with E-state index in [1.165, 1.54) is 12.1 Å². The van der Waals surface area contributed by atoms with Crippen molar-refractivity contribution in [1.29, 1.82) is 0 Å². The second kappa shape index (κ2) is 5.71. The molecule has 1 aromatic carbocycles. The van der Waals surface area contributed by atoms with Gasteiger partial charge in [-0.3, -0.25) is 4.90 Å². The van der Waals surface area contributed by atoms with Gasteiger partial charge in [-0.25, -0.2) is 0 Å². The molecule has 1 heterocycles. The Morgan fingerprint density at radius 2 is 1.70 bits per heavy atom. The summed E-state index contributed by atoms with van der Waals surface area (Å²) >= 11 is 0. The molecule has 0 bridgehead atoms. The van der Waals surface area contributed by atoms with Crippen LogP contribution >= 0.6 is 0 Å². The lowest BCUT2D eigenvalue weighted by Crippen LogP contribution is -2.58. The molecule has 1 aliphatic rings. The van der Waals surface area contributed by atoms with Crippen molar-refractivity contribution in [2.45, 2.75) is 25.2 Å². The molecule has 1 aliphatic heterocycles. The molecule has 2 rings (SSSR count). The number of alkyl halides is 3. The third-order valence-corrected chi connectivity index (χ3v) is 3.58. The van der Waals surface area contributed by atoms with Crippen molar-refractivity contribution < 1.29 is 17.9 Å². The Morgan fingerprint density at radius 3 is 2.20 bits per heavy atom. The van der Waals surface area contributed by atoms with Gasteiger partial charge in [0.15, 0.2) is 0 Å². The molecule has 1 saturated heterocycles. The van der Waals surface area contributed by atoms with Crippen molar-refractivity contribution in [3.05, 3.63) is 35.4 Å². The minimum absolute atomic E-state index is 0.505. The molecule has 6 heteroatoms. The molecule has 0 aliphatic carbocycles. The second-order valence-electron chi connectivity index (χ2n) is 5.33. The molecule has 0 spiro atoms. The Bertz CT molecular complexity index is 437. The van der Waals surface area contributed by atoms with Gasteiger partial charge in [-0.2, -0.15) is 13.2 Å². The van der Waals surface area contributed by atoms with Crippen molar-refractivity contribution in [3.63, 3.8) is 0 Å². The van der Waals surface area contributed by atoms with E-state index in [1.54, 1.807) is 0 Å². The van der Waals surface area contributed by atoms with Crippen LogP contribution in [-0.2, 0) is 17.3 Å². The van der Waals surface area contributed by atoms with E-state index < -0.39 is 17.4 Å². The molecule has 1 aromatic rings. The van der Waals surface area contributed by atoms with Crippen LogP contribution in [0.3, 0.4) is 0 Å². The van der Waals surface area contributed by atoms with Crippen LogP contribution in [0.2, 0.25) is 0 Å². The van der Waals surface area contributed by atoms with Gasteiger partial charge in [0.1, 0.15) is 0 Å². The molecule has 2 N–H and O–H groups in total. The summed E-state index contributed by atoms with van der Waals surface area (Å²) in [5, 5.41) is 0. The molecule has 1 unspecified atom stereocenters. The van der Waals surface area contributed by atoms with E-state index in [2.05, 4.69) is 4.90 Å². The van der Waals surface area contributed by atoms with Crippen LogP contribution in [0, 0.1) is 0 Å². The number of ether oxygens (including phenoxy) is 1. The first-order chi connectivity index (χ1) is 9.29. The lowest BCUT2D eigenvalue weighted by molar-refractivity contribution is -0.137. The summed E-state index contributed by atoms with van der Waals surface area (Å²) in [5.74, 6) is 0. The summed E-state index contributed by atoms with van der Waals surface area (Å²) in [7, 11) is 0. The maximum atomic E-state index is 12.5. The predicted molar refractivity (Wildman–Crippen MR) is 70.1 cm³/mol. The monoisotopic (exact) mass is 288 g/mol. The summed E-state index contributed by atoms with van der Waals surface area (Å²) in [6.07, 6.45) is -3.79. The Kier molecular flexibility index (Phi) is 4.36. The lowest BCUT2D eigenvalue weighted by atomic mass is 9.99. The van der Waals surface area contributed by atoms with Crippen LogP contribution in [0.15, 0.2) is 24.3 Å². The zero-order valence-corrected chi connectivity index (χ0v) is 11.4. The first-order valence-electron chi connectivity index (χ1n) is 6.57. The van der Waals surface area contributed by atoms with Gasteiger partial charge < -0.3 is 10.5 Å². The van der Waals surface area contributed by atoms with Crippen LogP contribution in [0.25, 0.3) is 0 Å². The van der Waals surface area contributed by atoms with Crippen molar-refractivity contribution in [1.82, 2.24) is 4.90 Å². The molecule has 0 aromatic heterocycles. The number of benzene rings is 1. The average Bonchev–Trinajstić information content (AvgIpc) is 2.39. The summed E-state index contributed by atoms with van der Waals surface area (Å²) in [5.41, 5.74) is 5.88. The SMILES string of the molecule is CC(N)(Cc1ccc(C(F)(F)F)cc1)N1CCOCC1. The standard InChI is InChI=1S/C14H19F3N2O/c1-13(18,19-6-8-20-9-7-19)10-11-2-4-12(5-3-11)14(15,16)17/h2-5H,6-10,18H2,1H3. The fraction of sp³-hybridized carbons (Fsp3) is 0.571. The van der Waals surface area contributed by atoms with Gasteiger partial charge in [-0.1, -0.05) is 12.1 Å². The summed E-state index contributed by atoms with van der Waals surface area (Å²) < 4.78 is 42.8. The maximum absolute atomic E-state index is 12.5. The van der Waals surface area contributed by atoms with E-state index in [-0.39, 0.29) is 0 Å². The van der Waals surface area contributed by atoms with Crippen LogP contribution < -0.4 is 5.73 Å². The highest BCUT2D eigenvalue weighted by Crippen LogP contribution is 2.29. The highest BCUT2D eigenvalue weighted by atomic mass is 19.4. The summed E-state index contributed by atoms with van der Waals surface area (Å²) in [6.45, 7) is 4.66. The largest absolute Gasteiger partial charge is 0.416 e. The number of rotatable bonds is 3. The minimum Gasteiger partial charge on any atom is -0.379 e. The van der Waals surface area contributed by atoms with Crippen molar-refractivity contribution in [3.8, 4) is 0 Å². The van der Waals surface area contributed by atoms with Crippen LogP contribution in [0.4, 0.5) is 13.2 Å². The third-order valence-electron chi connectivity index (χ3n) is 3.58. The Hall–Kier alpha value is -1.11. The zero-order chi connectivity index (χ0) is 14.8. The fourth-order valence-corrected chi connectivity index (χ4v) is 2.41. The molecular formula is C14H19F3N2O. The number of hydrogen-bond acceptors (Lipinski definition) is 3. The van der Waals surface area contributed by atoms with Crippen molar-refractivity contribution in [2.24, 2.45) is 5.73 Å². The molecule has 112 valence electrons. The minimum atomic E-state index is -4.30. The normalized spacial score (nSPS) is 20.6. The van der Waals surface area contributed by atoms with Gasteiger partial charge >= 0.3 is 6.18 Å². The smallest absolute Gasteiger partial charge is 0.379 e. The Labute approximate surface area is 116 Å². The van der Waals surface area contributed by atoms with E-state index in [4.69, 9.17) is 10.5 Å². The highest BCUT2D eigenvalue weighted by Gasteiger charge is 2.31. The van der Waals surface area contributed by atoms with E-state index in [0.29, 0.717) is 19.6 Å². The molecule has 0 saturated carbocycles. The van der Waals surface area contributed by atoms with E-state index >= 15 is 0 Å². The van der Waals surface area contributed by atoms with Gasteiger partial charge in [0.05, 0.1) is 24.4 Å². The molecule has 1 atom stereocenters.